The predicted octanol–water partition coefficient (Wildman–Crippen LogP) is 6.85. The summed E-state index contributed by atoms with van der Waals surface area (Å²) in [5.74, 6) is -35.6. The zero-order chi connectivity index (χ0) is 24.0. The van der Waals surface area contributed by atoms with Crippen LogP contribution in [0, 0.1) is 0 Å². The first-order chi connectivity index (χ1) is 13.9. The maximum absolute atomic E-state index is 14.3. The van der Waals surface area contributed by atoms with E-state index in [1.807, 2.05) is 0 Å². The van der Waals surface area contributed by atoms with E-state index in [0.717, 1.165) is 0 Å². The van der Waals surface area contributed by atoms with Crippen LogP contribution in [0.3, 0.4) is 0 Å². The molecule has 174 valence electrons. The van der Waals surface area contributed by atoms with E-state index in [1.165, 1.54) is 30.3 Å². The fourth-order valence-electron chi connectivity index (χ4n) is 3.04. The Labute approximate surface area is 166 Å². The van der Waals surface area contributed by atoms with E-state index in [9.17, 15) is 57.5 Å². The molecule has 1 aliphatic carbocycles. The van der Waals surface area contributed by atoms with Gasteiger partial charge < -0.3 is 0 Å². The van der Waals surface area contributed by atoms with Crippen molar-refractivity contribution in [2.24, 2.45) is 0 Å². The Bertz CT molecular complexity index is 854. The van der Waals surface area contributed by atoms with Gasteiger partial charge >= 0.3 is 29.9 Å². The van der Waals surface area contributed by atoms with Gasteiger partial charge in [0.05, 0.1) is 0 Å². The van der Waals surface area contributed by atoms with Crippen molar-refractivity contribution in [1.29, 1.82) is 0 Å². The summed E-state index contributed by atoms with van der Waals surface area (Å²) in [6.07, 6.45) is -9.04. The van der Waals surface area contributed by atoms with Gasteiger partial charge in [0.2, 0.25) is 0 Å². The number of carbonyl (C=O) groups is 1. The van der Waals surface area contributed by atoms with Crippen molar-refractivity contribution in [2.75, 3.05) is 0 Å². The maximum Gasteiger partial charge on any atom is 0.460 e. The maximum atomic E-state index is 14.3. The molecule has 0 saturated heterocycles. The van der Waals surface area contributed by atoms with Gasteiger partial charge in [-0.25, -0.2) is 4.39 Å². The van der Waals surface area contributed by atoms with Crippen LogP contribution in [0.1, 0.15) is 30.7 Å². The van der Waals surface area contributed by atoms with Gasteiger partial charge in [0.25, 0.3) is 0 Å². The number of allylic oxidation sites excluding steroid dienone is 2. The topological polar surface area (TPSA) is 17.1 Å². The third-order valence-electron chi connectivity index (χ3n) is 4.86. The molecule has 0 amide bonds. The largest absolute Gasteiger partial charge is 0.460 e. The fourth-order valence-corrected chi connectivity index (χ4v) is 3.04. The zero-order valence-corrected chi connectivity index (χ0v) is 15.0. The average Bonchev–Trinajstić information content (AvgIpc) is 2.67. The van der Waals surface area contributed by atoms with Crippen LogP contribution in [-0.2, 0) is 4.79 Å². The smallest absolute Gasteiger partial charge is 0.294 e. The van der Waals surface area contributed by atoms with Gasteiger partial charge in [0.15, 0.2) is 11.6 Å². The van der Waals surface area contributed by atoms with E-state index < -0.39 is 65.8 Å². The zero-order valence-electron chi connectivity index (χ0n) is 15.0. The van der Waals surface area contributed by atoms with Crippen molar-refractivity contribution in [3.63, 3.8) is 0 Å². The molecule has 1 nitrogen and oxygen atoms in total. The summed E-state index contributed by atoms with van der Waals surface area (Å²) in [4.78, 5) is 11.8. The highest BCUT2D eigenvalue weighted by molar-refractivity contribution is 5.97. The van der Waals surface area contributed by atoms with Crippen LogP contribution in [-0.4, -0.2) is 35.6 Å². The van der Waals surface area contributed by atoms with E-state index in [-0.39, 0.29) is 6.42 Å². The molecule has 1 atom stereocenters. The SMILES string of the molecule is O=C1CCC(c2ccccc2)C/C1=C(/F)C(F)(F)C(F)(F)C(F)(F)C(F)(F)C(F)(F)F. The lowest BCUT2D eigenvalue weighted by molar-refractivity contribution is -0.419. The minimum atomic E-state index is -7.74. The number of carbonyl (C=O) groups excluding carboxylic acids is 1. The third kappa shape index (κ3) is 3.91. The lowest BCUT2D eigenvalue weighted by Gasteiger charge is -2.37. The standard InChI is InChI=1S/C18H12F12O/c19-13(11-8-10(6-7-12(11)31)9-4-2-1-3-5-9)14(20,21)15(22,23)16(24,25)17(26,27)18(28,29)30/h1-5,10H,6-8H2/b13-11-. The molecule has 0 spiro atoms. The Morgan fingerprint density at radius 1 is 0.774 bits per heavy atom. The first kappa shape index (κ1) is 25.1. The van der Waals surface area contributed by atoms with Crippen molar-refractivity contribution >= 4 is 5.78 Å². The number of rotatable bonds is 5. The lowest BCUT2D eigenvalue weighted by atomic mass is 9.79. The first-order valence-electron chi connectivity index (χ1n) is 8.44. The van der Waals surface area contributed by atoms with E-state index in [2.05, 4.69) is 0 Å². The molecule has 1 fully saturated rings. The highest BCUT2D eigenvalue weighted by Gasteiger charge is 2.88. The number of halogens is 12. The number of hydrogen-bond donors (Lipinski definition) is 0. The second-order valence-corrected chi connectivity index (χ2v) is 6.86. The van der Waals surface area contributed by atoms with Gasteiger partial charge in [-0.3, -0.25) is 4.79 Å². The fraction of sp³-hybridized carbons (Fsp3) is 0.500. The lowest BCUT2D eigenvalue weighted by Crippen LogP contribution is -2.66. The van der Waals surface area contributed by atoms with Crippen molar-refractivity contribution < 1.29 is 57.5 Å². The van der Waals surface area contributed by atoms with Gasteiger partial charge in [-0.1, -0.05) is 30.3 Å². The summed E-state index contributed by atoms with van der Waals surface area (Å²) in [6, 6.07) is 7.30. The van der Waals surface area contributed by atoms with Crippen LogP contribution < -0.4 is 0 Å². The van der Waals surface area contributed by atoms with Crippen molar-refractivity contribution in [3.05, 3.63) is 47.3 Å². The molecule has 0 aliphatic heterocycles. The van der Waals surface area contributed by atoms with Gasteiger partial charge in [-0.15, -0.1) is 0 Å². The monoisotopic (exact) mass is 472 g/mol. The number of alkyl halides is 11. The van der Waals surface area contributed by atoms with Gasteiger partial charge in [-0.2, -0.15) is 48.3 Å². The molecular formula is C18H12F12O. The Hall–Kier alpha value is -2.21. The van der Waals surface area contributed by atoms with Crippen LogP contribution in [0.25, 0.3) is 0 Å². The molecule has 1 aromatic carbocycles. The Morgan fingerprint density at radius 3 is 1.77 bits per heavy atom. The van der Waals surface area contributed by atoms with Crippen molar-refractivity contribution in [2.45, 2.75) is 55.0 Å². The molecule has 31 heavy (non-hydrogen) atoms. The molecule has 0 radical (unpaired) electrons. The second kappa shape index (κ2) is 7.73. The summed E-state index contributed by atoms with van der Waals surface area (Å²) in [7, 11) is 0. The minimum absolute atomic E-state index is 0.0517. The van der Waals surface area contributed by atoms with Gasteiger partial charge in [0.1, 0.15) is 0 Å². The number of Topliss-reactive ketones (excluding diaryl/α,β-unsaturated/α-hetero) is 1. The van der Waals surface area contributed by atoms with E-state index in [1.54, 1.807) is 0 Å². The summed E-state index contributed by atoms with van der Waals surface area (Å²) < 4.78 is 159. The first-order valence-corrected chi connectivity index (χ1v) is 8.44. The predicted molar refractivity (Wildman–Crippen MR) is 82.0 cm³/mol. The van der Waals surface area contributed by atoms with Crippen LogP contribution in [0.15, 0.2) is 41.7 Å². The van der Waals surface area contributed by atoms with Crippen LogP contribution in [0.4, 0.5) is 52.7 Å². The average molecular weight is 472 g/mol. The highest BCUT2D eigenvalue weighted by atomic mass is 19.4. The van der Waals surface area contributed by atoms with E-state index in [4.69, 9.17) is 0 Å². The van der Waals surface area contributed by atoms with Crippen LogP contribution in [0.5, 0.6) is 0 Å². The summed E-state index contributed by atoms with van der Waals surface area (Å²) in [6.45, 7) is 0. The quantitative estimate of drug-likeness (QED) is 0.339. The molecule has 1 aromatic rings. The van der Waals surface area contributed by atoms with Crippen LogP contribution in [0.2, 0.25) is 0 Å². The molecule has 1 saturated carbocycles. The number of hydrogen-bond acceptors (Lipinski definition) is 1. The molecular weight excluding hydrogens is 460 g/mol. The Morgan fingerprint density at radius 2 is 1.29 bits per heavy atom. The number of ketones is 1. The molecule has 0 heterocycles. The van der Waals surface area contributed by atoms with E-state index >= 15 is 0 Å². The van der Waals surface area contributed by atoms with E-state index in [0.29, 0.717) is 5.56 Å². The summed E-state index contributed by atoms with van der Waals surface area (Å²) >= 11 is 0. The Balaban J connectivity index is 2.53. The van der Waals surface area contributed by atoms with Gasteiger partial charge in [-0.05, 0) is 24.3 Å². The summed E-state index contributed by atoms with van der Waals surface area (Å²) in [5.41, 5.74) is -1.32. The normalized spacial score (nSPS) is 21.3. The molecule has 0 bridgehead atoms. The molecule has 1 unspecified atom stereocenters. The van der Waals surface area contributed by atoms with Crippen LogP contribution >= 0.6 is 0 Å². The second-order valence-electron chi connectivity index (χ2n) is 6.86. The molecule has 2 rings (SSSR count). The molecule has 13 heteroatoms. The summed E-state index contributed by atoms with van der Waals surface area (Å²) in [5, 5.41) is 0. The third-order valence-corrected chi connectivity index (χ3v) is 4.86. The Kier molecular flexibility index (Phi) is 6.25. The van der Waals surface area contributed by atoms with Gasteiger partial charge in [0, 0.05) is 12.0 Å². The highest BCUT2D eigenvalue weighted by Crippen LogP contribution is 2.59. The molecule has 1 aliphatic rings. The minimum Gasteiger partial charge on any atom is -0.294 e. The van der Waals surface area contributed by atoms with Crippen molar-refractivity contribution in [3.8, 4) is 0 Å². The molecule has 0 N–H and O–H groups in total. The molecule has 0 aromatic heterocycles. The number of benzene rings is 1. The van der Waals surface area contributed by atoms with Crippen molar-refractivity contribution in [1.82, 2.24) is 0 Å².